The Balaban J connectivity index is 1.58. The molecule has 4 rings (SSSR count). The second-order valence-electron chi connectivity index (χ2n) is 7.40. The minimum absolute atomic E-state index is 0.0125. The zero-order valence-corrected chi connectivity index (χ0v) is 16.3. The van der Waals surface area contributed by atoms with E-state index in [1.807, 2.05) is 31.2 Å². The highest BCUT2D eigenvalue weighted by Crippen LogP contribution is 2.49. The van der Waals surface area contributed by atoms with Gasteiger partial charge in [-0.2, -0.15) is 0 Å². The Morgan fingerprint density at radius 2 is 1.96 bits per heavy atom. The number of aliphatic hydroxyl groups excluding tert-OH is 1. The highest BCUT2D eigenvalue weighted by atomic mass is 35.5. The Morgan fingerprint density at radius 1 is 1.15 bits per heavy atom. The van der Waals surface area contributed by atoms with Gasteiger partial charge in [0.05, 0.1) is 19.8 Å². The van der Waals surface area contributed by atoms with Gasteiger partial charge in [0, 0.05) is 17.0 Å². The Kier molecular flexibility index (Phi) is 5.17. The first kappa shape index (κ1) is 18.8. The lowest BCUT2D eigenvalue weighted by molar-refractivity contribution is -0.227. The Bertz CT molecular complexity index is 806. The van der Waals surface area contributed by atoms with Gasteiger partial charge in [0.25, 0.3) is 0 Å². The van der Waals surface area contributed by atoms with Crippen LogP contribution in [-0.4, -0.2) is 30.5 Å². The molecule has 2 fully saturated rings. The van der Waals surface area contributed by atoms with E-state index in [1.54, 1.807) is 0 Å². The fourth-order valence-electron chi connectivity index (χ4n) is 4.03. The van der Waals surface area contributed by atoms with Gasteiger partial charge in [0.2, 0.25) is 0 Å². The number of aliphatic hydroxyl groups is 1. The van der Waals surface area contributed by atoms with Crippen LogP contribution in [0.25, 0.3) is 0 Å². The molecule has 2 aromatic carbocycles. The molecule has 0 aromatic heterocycles. The normalized spacial score (nSPS) is 26.9. The molecule has 1 N–H and O–H groups in total. The van der Waals surface area contributed by atoms with Gasteiger partial charge in [-0.05, 0) is 61.6 Å². The number of halogens is 1. The fourth-order valence-corrected chi connectivity index (χ4v) is 4.21. The van der Waals surface area contributed by atoms with Crippen LogP contribution in [0.5, 0.6) is 5.75 Å². The largest absolute Gasteiger partial charge is 0.494 e. The van der Waals surface area contributed by atoms with Crippen molar-refractivity contribution in [1.82, 2.24) is 0 Å². The predicted octanol–water partition coefficient (Wildman–Crippen LogP) is 4.44. The van der Waals surface area contributed by atoms with Crippen LogP contribution < -0.4 is 4.74 Å². The maximum atomic E-state index is 9.75. The molecule has 2 aliphatic heterocycles. The first-order chi connectivity index (χ1) is 13.1. The lowest BCUT2D eigenvalue weighted by atomic mass is 9.90. The molecule has 2 heterocycles. The molecule has 0 unspecified atom stereocenters. The molecule has 4 nitrogen and oxygen atoms in total. The molecule has 0 aliphatic carbocycles. The molecule has 144 valence electrons. The van der Waals surface area contributed by atoms with Gasteiger partial charge in [0.1, 0.15) is 11.4 Å². The SMILES string of the molecule is CCOc1ccc(Cc2cc([C@@]34CCC[C@](CO)(CO3)O4)ccc2Cl)cc1. The van der Waals surface area contributed by atoms with Gasteiger partial charge in [-0.1, -0.05) is 29.8 Å². The average Bonchev–Trinajstić information content (AvgIpc) is 2.97. The summed E-state index contributed by atoms with van der Waals surface area (Å²) in [5.41, 5.74) is 2.61. The lowest BCUT2D eigenvalue weighted by Crippen LogP contribution is -2.42. The van der Waals surface area contributed by atoms with Crippen LogP contribution in [-0.2, 0) is 21.7 Å². The van der Waals surface area contributed by atoms with E-state index in [4.69, 9.17) is 25.8 Å². The number of hydrogen-bond donors (Lipinski definition) is 1. The van der Waals surface area contributed by atoms with Crippen molar-refractivity contribution >= 4 is 11.6 Å². The van der Waals surface area contributed by atoms with Crippen molar-refractivity contribution in [3.63, 3.8) is 0 Å². The Hall–Kier alpha value is -1.59. The molecule has 0 amide bonds. The van der Waals surface area contributed by atoms with Crippen molar-refractivity contribution in [2.24, 2.45) is 0 Å². The van der Waals surface area contributed by atoms with Gasteiger partial charge < -0.3 is 19.3 Å². The number of fused-ring (bicyclic) bond motifs is 2. The lowest BCUT2D eigenvalue weighted by Gasteiger charge is -2.37. The third-order valence-electron chi connectivity index (χ3n) is 5.49. The maximum absolute atomic E-state index is 9.75. The van der Waals surface area contributed by atoms with E-state index in [1.165, 1.54) is 0 Å². The topological polar surface area (TPSA) is 47.9 Å². The summed E-state index contributed by atoms with van der Waals surface area (Å²) in [7, 11) is 0. The fraction of sp³-hybridized carbons (Fsp3) is 0.455. The first-order valence-electron chi connectivity index (χ1n) is 9.54. The van der Waals surface area contributed by atoms with Gasteiger partial charge in [-0.25, -0.2) is 0 Å². The molecule has 27 heavy (non-hydrogen) atoms. The highest BCUT2D eigenvalue weighted by molar-refractivity contribution is 6.31. The molecular formula is C22H25ClO4. The summed E-state index contributed by atoms with van der Waals surface area (Å²) in [6.45, 7) is 3.05. The van der Waals surface area contributed by atoms with Gasteiger partial charge >= 0.3 is 0 Å². The summed E-state index contributed by atoms with van der Waals surface area (Å²) < 4.78 is 17.9. The summed E-state index contributed by atoms with van der Waals surface area (Å²) in [5.74, 6) is 0.106. The maximum Gasteiger partial charge on any atom is 0.195 e. The summed E-state index contributed by atoms with van der Waals surface area (Å²) in [6.07, 6.45) is 3.31. The van der Waals surface area contributed by atoms with Crippen molar-refractivity contribution in [2.45, 2.75) is 44.0 Å². The molecular weight excluding hydrogens is 364 g/mol. The van der Waals surface area contributed by atoms with Crippen LogP contribution >= 0.6 is 11.6 Å². The molecule has 0 saturated carbocycles. The predicted molar refractivity (Wildman–Crippen MR) is 104 cm³/mol. The minimum Gasteiger partial charge on any atom is -0.494 e. The van der Waals surface area contributed by atoms with E-state index in [0.717, 1.165) is 53.1 Å². The van der Waals surface area contributed by atoms with Crippen LogP contribution in [0.3, 0.4) is 0 Å². The van der Waals surface area contributed by atoms with Crippen molar-refractivity contribution < 1.29 is 19.3 Å². The quantitative estimate of drug-likeness (QED) is 0.794. The zero-order chi connectivity index (χ0) is 18.9. The van der Waals surface area contributed by atoms with E-state index >= 15 is 0 Å². The minimum atomic E-state index is -0.765. The summed E-state index contributed by atoms with van der Waals surface area (Å²) in [6, 6.07) is 14.1. The average molecular weight is 389 g/mol. The van der Waals surface area contributed by atoms with Crippen LogP contribution in [0.2, 0.25) is 5.02 Å². The Labute approximate surface area is 165 Å². The summed E-state index contributed by atoms with van der Waals surface area (Å²) >= 11 is 6.47. The van der Waals surface area contributed by atoms with E-state index in [0.29, 0.717) is 13.2 Å². The van der Waals surface area contributed by atoms with Crippen LogP contribution in [0.1, 0.15) is 42.9 Å². The van der Waals surface area contributed by atoms with Crippen molar-refractivity contribution in [3.05, 3.63) is 64.2 Å². The third kappa shape index (κ3) is 3.59. The molecule has 2 aliphatic rings. The smallest absolute Gasteiger partial charge is 0.195 e. The first-order valence-corrected chi connectivity index (χ1v) is 9.91. The number of hydrogen-bond acceptors (Lipinski definition) is 4. The van der Waals surface area contributed by atoms with Crippen LogP contribution in [0, 0.1) is 0 Å². The van der Waals surface area contributed by atoms with E-state index in [-0.39, 0.29) is 6.61 Å². The molecule has 2 saturated heterocycles. The Morgan fingerprint density at radius 3 is 2.70 bits per heavy atom. The van der Waals surface area contributed by atoms with Crippen molar-refractivity contribution in [2.75, 3.05) is 19.8 Å². The second-order valence-corrected chi connectivity index (χ2v) is 7.81. The van der Waals surface area contributed by atoms with Crippen LogP contribution in [0.15, 0.2) is 42.5 Å². The zero-order valence-electron chi connectivity index (χ0n) is 15.5. The van der Waals surface area contributed by atoms with Gasteiger partial charge in [-0.3, -0.25) is 0 Å². The van der Waals surface area contributed by atoms with E-state index < -0.39 is 11.4 Å². The summed E-state index contributed by atoms with van der Waals surface area (Å²) in [4.78, 5) is 0. The second kappa shape index (κ2) is 7.44. The van der Waals surface area contributed by atoms with Gasteiger partial charge in [-0.15, -0.1) is 0 Å². The molecule has 2 atom stereocenters. The molecule has 2 aromatic rings. The molecule has 5 heteroatoms. The number of rotatable bonds is 6. The van der Waals surface area contributed by atoms with Crippen molar-refractivity contribution in [3.8, 4) is 5.75 Å². The van der Waals surface area contributed by atoms with Crippen LogP contribution in [0.4, 0.5) is 0 Å². The molecule has 0 radical (unpaired) electrons. The summed E-state index contributed by atoms with van der Waals surface area (Å²) in [5, 5.41) is 10.5. The highest BCUT2D eigenvalue weighted by Gasteiger charge is 2.54. The monoisotopic (exact) mass is 388 g/mol. The van der Waals surface area contributed by atoms with Gasteiger partial charge in [0.15, 0.2) is 5.79 Å². The van der Waals surface area contributed by atoms with Crippen molar-refractivity contribution in [1.29, 1.82) is 0 Å². The standard InChI is InChI=1S/C22H25ClO4/c1-2-25-19-7-4-16(5-8-19)12-17-13-18(6-9-20(17)23)22-11-3-10-21(14-24,27-22)15-26-22/h4-9,13,24H,2-3,10-12,14-15H2,1H3/t21-,22-/m0/s1. The number of ether oxygens (including phenoxy) is 3. The van der Waals surface area contributed by atoms with E-state index in [2.05, 4.69) is 18.2 Å². The molecule has 2 bridgehead atoms. The molecule has 0 spiro atoms. The number of benzene rings is 2. The van der Waals surface area contributed by atoms with E-state index in [9.17, 15) is 5.11 Å². The third-order valence-corrected chi connectivity index (χ3v) is 5.86.